The lowest BCUT2D eigenvalue weighted by atomic mass is 10.7. The van der Waals surface area contributed by atoms with Gasteiger partial charge in [-0.15, -0.1) is 10.2 Å². The molecule has 0 aliphatic rings. The highest BCUT2D eigenvalue weighted by atomic mass is 16.2. The fourth-order valence-corrected chi connectivity index (χ4v) is 0.205. The van der Waals surface area contributed by atoms with Crippen molar-refractivity contribution in [2.45, 2.75) is 6.92 Å². The van der Waals surface area contributed by atoms with Crippen LogP contribution in [0.1, 0.15) is 6.92 Å². The maximum absolute atomic E-state index is 9.58. The molecule has 0 bridgehead atoms. The number of amides is 1. The summed E-state index contributed by atoms with van der Waals surface area (Å²) in [5, 5.41) is 10.1. The van der Waals surface area contributed by atoms with Gasteiger partial charge < -0.3 is 0 Å². The number of nitrogens with two attached hydrogens (primary N) is 1. The van der Waals surface area contributed by atoms with Crippen molar-refractivity contribution in [1.29, 1.82) is 0 Å². The molecule has 0 radical (unpaired) electrons. The Hall–Kier alpha value is -1.56. The van der Waals surface area contributed by atoms with Gasteiger partial charge in [-0.25, -0.2) is 5.84 Å². The van der Waals surface area contributed by atoms with Crippen LogP contribution in [0.5, 0.6) is 0 Å². The van der Waals surface area contributed by atoms with E-state index in [-0.39, 0.29) is 5.91 Å². The third-order valence-electron chi connectivity index (χ3n) is 0.612. The van der Waals surface area contributed by atoms with Crippen LogP contribution in [0.2, 0.25) is 0 Å². The minimum Gasteiger partial charge on any atom is -0.295 e. The first-order valence-electron chi connectivity index (χ1n) is 2.83. The molecule has 0 aliphatic heterocycles. The number of hydrogen-bond donors (Lipinski definition) is 2. The summed E-state index contributed by atoms with van der Waals surface area (Å²) in [6, 6.07) is 1.72. The second-order valence-corrected chi connectivity index (χ2v) is 1.51. The second kappa shape index (κ2) is 6.56. The number of hydrogen-bond acceptors (Lipinski definition) is 5. The number of nitrogens with zero attached hydrogens (tertiary/aromatic N) is 3. The average Bonchev–Trinajstić information content (AvgIpc) is 2.09. The van der Waals surface area contributed by atoms with Gasteiger partial charge in [0.15, 0.2) is 0 Å². The second-order valence-electron chi connectivity index (χ2n) is 1.51. The minimum atomic E-state index is -0.218. The van der Waals surface area contributed by atoms with Crippen molar-refractivity contribution in [1.82, 2.24) is 20.8 Å². The van der Waals surface area contributed by atoms with Gasteiger partial charge in [-0.3, -0.25) is 10.2 Å². The summed E-state index contributed by atoms with van der Waals surface area (Å²) in [6.45, 7) is 1.35. The highest BCUT2D eigenvalue weighted by Gasteiger charge is 1.73. The zero-order chi connectivity index (χ0) is 8.53. The van der Waals surface area contributed by atoms with Gasteiger partial charge in [0, 0.05) is 6.92 Å². The third-order valence-corrected chi connectivity index (χ3v) is 0.612. The monoisotopic (exact) mass is 155 g/mol. The molecule has 0 saturated heterocycles. The van der Waals surface area contributed by atoms with Gasteiger partial charge in [-0.2, -0.15) is 0 Å². The molecule has 60 valence electrons. The van der Waals surface area contributed by atoms with E-state index < -0.39 is 0 Å². The Kier molecular flexibility index (Phi) is 5.63. The average molecular weight is 155 g/mol. The fourth-order valence-electron chi connectivity index (χ4n) is 0.205. The number of carbonyl (C=O) groups excluding carboxylic acids is 1. The van der Waals surface area contributed by atoms with Gasteiger partial charge in [0.25, 0.3) is 0 Å². The van der Waals surface area contributed by atoms with Gasteiger partial charge in [0.05, 0.1) is 12.4 Å². The van der Waals surface area contributed by atoms with E-state index >= 15 is 0 Å². The number of nitrogens with one attached hydrogen (secondary N) is 1. The quantitative estimate of drug-likeness (QED) is 0.281. The summed E-state index contributed by atoms with van der Waals surface area (Å²) in [4.78, 5) is 9.58. The lowest BCUT2D eigenvalue weighted by Crippen LogP contribution is -2.26. The van der Waals surface area contributed by atoms with Gasteiger partial charge >= 0.3 is 0 Å². The van der Waals surface area contributed by atoms with Gasteiger partial charge in [0.2, 0.25) is 5.91 Å². The number of carbonyl (C=O) groups is 1. The minimum absolute atomic E-state index is 0.218. The van der Waals surface area contributed by atoms with E-state index in [1.54, 1.807) is 18.5 Å². The molecule has 1 rings (SSSR count). The van der Waals surface area contributed by atoms with Crippen molar-refractivity contribution < 1.29 is 4.79 Å². The zero-order valence-electron chi connectivity index (χ0n) is 6.06. The highest BCUT2D eigenvalue weighted by molar-refractivity contribution is 5.71. The normalized spacial score (nSPS) is 7.45. The number of hydrazine groups is 1. The van der Waals surface area contributed by atoms with Crippen LogP contribution >= 0.6 is 0 Å². The first-order valence-corrected chi connectivity index (χ1v) is 2.83. The predicted molar refractivity (Wildman–Crippen MR) is 37.8 cm³/mol. The van der Waals surface area contributed by atoms with E-state index in [4.69, 9.17) is 0 Å². The van der Waals surface area contributed by atoms with E-state index in [0.29, 0.717) is 0 Å². The number of aromatic nitrogens is 3. The Bertz CT molecular complexity index is 163. The third kappa shape index (κ3) is 8.44. The summed E-state index contributed by atoms with van der Waals surface area (Å²) in [7, 11) is 0. The van der Waals surface area contributed by atoms with Crippen molar-refractivity contribution in [2.24, 2.45) is 5.84 Å². The van der Waals surface area contributed by atoms with Gasteiger partial charge in [0.1, 0.15) is 0 Å². The van der Waals surface area contributed by atoms with Crippen molar-refractivity contribution >= 4 is 5.91 Å². The molecule has 1 heterocycles. The van der Waals surface area contributed by atoms with E-state index in [2.05, 4.69) is 21.3 Å². The predicted octanol–water partition coefficient (Wildman–Crippen LogP) is -1.13. The Morgan fingerprint density at radius 3 is 2.00 bits per heavy atom. The molecule has 0 spiro atoms. The van der Waals surface area contributed by atoms with Crippen LogP contribution in [-0.2, 0) is 4.79 Å². The molecule has 0 unspecified atom stereocenters. The van der Waals surface area contributed by atoms with E-state index in [1.807, 2.05) is 5.43 Å². The van der Waals surface area contributed by atoms with Gasteiger partial charge in [-0.05, 0) is 11.3 Å². The molecule has 0 atom stereocenters. The molecule has 0 saturated carbocycles. The van der Waals surface area contributed by atoms with Crippen molar-refractivity contribution in [3.8, 4) is 0 Å². The lowest BCUT2D eigenvalue weighted by molar-refractivity contribution is -0.119. The van der Waals surface area contributed by atoms with Crippen molar-refractivity contribution in [3.63, 3.8) is 0 Å². The van der Waals surface area contributed by atoms with E-state index in [0.717, 1.165) is 0 Å². The molecule has 1 aromatic rings. The van der Waals surface area contributed by atoms with Crippen LogP contribution in [0.25, 0.3) is 0 Å². The molecule has 1 aromatic heterocycles. The first kappa shape index (κ1) is 9.44. The molecule has 1 amide bonds. The Morgan fingerprint density at radius 1 is 1.45 bits per heavy atom. The molecule has 0 fully saturated rings. The van der Waals surface area contributed by atoms with Crippen LogP contribution < -0.4 is 11.3 Å². The smallest absolute Gasteiger partial charge is 0.230 e. The lowest BCUT2D eigenvalue weighted by Gasteiger charge is -1.80. The summed E-state index contributed by atoms with van der Waals surface area (Å²) in [5.41, 5.74) is 1.89. The van der Waals surface area contributed by atoms with Crippen molar-refractivity contribution in [3.05, 3.63) is 18.5 Å². The Labute approximate surface area is 63.8 Å². The molecule has 11 heavy (non-hydrogen) atoms. The van der Waals surface area contributed by atoms with Crippen LogP contribution in [0.4, 0.5) is 0 Å². The Balaban J connectivity index is 0.000000187. The first-order chi connectivity index (χ1) is 5.27. The summed E-state index contributed by atoms with van der Waals surface area (Å²) >= 11 is 0. The fraction of sp³-hybridized carbons (Fsp3) is 0.200. The maximum atomic E-state index is 9.58. The van der Waals surface area contributed by atoms with Crippen molar-refractivity contribution in [2.75, 3.05) is 0 Å². The van der Waals surface area contributed by atoms with E-state index in [9.17, 15) is 4.79 Å². The molecular formula is C5H9N5O. The molecule has 0 aromatic carbocycles. The van der Waals surface area contributed by atoms with Crippen LogP contribution in [-0.4, -0.2) is 21.3 Å². The molecule has 0 aliphatic carbocycles. The number of rotatable bonds is 0. The summed E-state index contributed by atoms with van der Waals surface area (Å²) in [6.07, 6.45) is 3.15. The molecule has 3 N–H and O–H groups in total. The molecular weight excluding hydrogens is 146 g/mol. The SMILES string of the molecule is CC(=O)NN.c1cnnnc1. The van der Waals surface area contributed by atoms with Gasteiger partial charge in [-0.1, -0.05) is 0 Å². The topological polar surface area (TPSA) is 93.8 Å². The van der Waals surface area contributed by atoms with E-state index in [1.165, 1.54) is 6.92 Å². The highest BCUT2D eigenvalue weighted by Crippen LogP contribution is 1.61. The summed E-state index contributed by atoms with van der Waals surface area (Å²) < 4.78 is 0. The molecule has 6 heteroatoms. The van der Waals surface area contributed by atoms with Crippen LogP contribution in [0.3, 0.4) is 0 Å². The zero-order valence-corrected chi connectivity index (χ0v) is 6.06. The Morgan fingerprint density at radius 2 is 1.91 bits per heavy atom. The maximum Gasteiger partial charge on any atom is 0.230 e. The molecule has 6 nitrogen and oxygen atoms in total. The van der Waals surface area contributed by atoms with Crippen LogP contribution in [0.15, 0.2) is 18.5 Å². The standard InChI is InChI=1S/C3H3N3.C2H6N2O/c1-2-4-6-5-3-1;1-2(5)4-3/h1-3H;3H2,1H3,(H,4,5). The summed E-state index contributed by atoms with van der Waals surface area (Å²) in [5.74, 6) is 4.35. The van der Waals surface area contributed by atoms with Crippen LogP contribution in [0, 0.1) is 0 Å². The largest absolute Gasteiger partial charge is 0.295 e.